The lowest BCUT2D eigenvalue weighted by molar-refractivity contribution is -0.571. The molecule has 0 radical (unpaired) electrons. The number of ether oxygens (including phenoxy) is 3. The molecule has 0 bridgehead atoms. The number of pyridine rings is 1. The zero-order valence-corrected chi connectivity index (χ0v) is 39.4. The minimum absolute atomic E-state index is 0.143. The first-order chi connectivity index (χ1) is 41.4. The van der Waals surface area contributed by atoms with E-state index in [1.54, 1.807) is 33.5 Å². The molecule has 0 saturated carbocycles. The van der Waals surface area contributed by atoms with E-state index < -0.39 is 60.4 Å². The van der Waals surface area contributed by atoms with E-state index in [4.69, 9.17) is 32.9 Å². The Bertz CT molecular complexity index is 4950. The smallest absolute Gasteiger partial charge is 0.269 e. The van der Waals surface area contributed by atoms with Crippen LogP contribution < -0.4 is 40.1 Å². The van der Waals surface area contributed by atoms with Gasteiger partial charge in [0.15, 0.2) is 0 Å². The van der Waals surface area contributed by atoms with Crippen molar-refractivity contribution in [3.05, 3.63) is 249 Å². The molecule has 10 aromatic carbocycles. The first-order valence-corrected chi connectivity index (χ1v) is 24.4. The molecule has 0 saturated heterocycles. The Morgan fingerprint density at radius 3 is 1.89 bits per heavy atom. The number of benzene rings is 10. The number of fused-ring (bicyclic) bond motifs is 5. The maximum absolute atomic E-state index is 9.08. The van der Waals surface area contributed by atoms with Gasteiger partial charge in [0, 0.05) is 46.2 Å². The molecular weight excluding hydrogens is 922 g/mol. The second kappa shape index (κ2) is 16.2. The second-order valence-electron chi connectivity index (χ2n) is 18.5. The number of anilines is 3. The average molecular weight is 972 g/mol. The number of nitrogens with zero attached hydrogens (tertiary/aromatic N) is 5. The summed E-state index contributed by atoms with van der Waals surface area (Å²) in [6, 6.07) is 51.0. The van der Waals surface area contributed by atoms with Gasteiger partial charge in [-0.2, -0.15) is 0 Å². The molecule has 0 atom stereocenters. The van der Waals surface area contributed by atoms with Crippen LogP contribution in [0.2, 0.25) is 0 Å². The van der Waals surface area contributed by atoms with Gasteiger partial charge < -0.3 is 19.1 Å². The van der Waals surface area contributed by atoms with E-state index in [-0.39, 0.29) is 34.7 Å². The minimum atomic E-state index is -0.576. The molecule has 0 spiro atoms. The van der Waals surface area contributed by atoms with Crippen molar-refractivity contribution in [1.82, 2.24) is 14.1 Å². The number of aromatic nitrogens is 4. The number of imidazole rings is 1. The van der Waals surface area contributed by atoms with Gasteiger partial charge in [-0.05, 0) is 112 Å². The highest BCUT2D eigenvalue weighted by molar-refractivity contribution is 7.00. The van der Waals surface area contributed by atoms with Crippen LogP contribution in [-0.4, -0.2) is 20.8 Å². The van der Waals surface area contributed by atoms with Crippen molar-refractivity contribution in [3.8, 4) is 73.8 Å². The third kappa shape index (κ3) is 6.25. The highest BCUT2D eigenvalue weighted by Crippen LogP contribution is 2.49. The van der Waals surface area contributed by atoms with Crippen molar-refractivity contribution in [3.63, 3.8) is 0 Å². The van der Waals surface area contributed by atoms with Crippen LogP contribution in [0.3, 0.4) is 0 Å². The highest BCUT2D eigenvalue weighted by atomic mass is 16.5. The van der Waals surface area contributed by atoms with Crippen molar-refractivity contribution in [2.24, 2.45) is 0 Å². The van der Waals surface area contributed by atoms with E-state index in [1.807, 2.05) is 115 Å². The Balaban J connectivity index is 0.816. The Labute approximate surface area is 445 Å². The summed E-state index contributed by atoms with van der Waals surface area (Å²) < 4.78 is 114. The standard InChI is InChI=1S/C66H40BN5O3/c1-4-18-42(19-5-1)49-28-14-29-50(43-20-6-2-7-21-43)64(49)70-41-69(52-31-10-11-32-53(52)70)45-24-12-26-47(38-45)73-48-27-13-25-46(39-48)72-56-40-59-63-65(60(56)51-30-17-37-68-66(51)72)75-58-36-16-34-55-62(58)67(63)61-54(33-15-35-57(61)74-59)71(55)44-22-8-3-9-23-44/h1-40H/i1D,2D,4D,5D,6D,7D,18D,19D,20D,21D. The third-order valence-corrected chi connectivity index (χ3v) is 14.4. The summed E-state index contributed by atoms with van der Waals surface area (Å²) in [5, 5.41) is 1.80. The fourth-order valence-electron chi connectivity index (χ4n) is 11.4. The molecule has 9 heteroatoms. The zero-order chi connectivity index (χ0) is 57.8. The average Bonchev–Trinajstić information content (AvgIpc) is 1.66. The zero-order valence-electron chi connectivity index (χ0n) is 49.4. The molecule has 0 amide bonds. The van der Waals surface area contributed by atoms with Crippen molar-refractivity contribution >= 4 is 73.1 Å². The van der Waals surface area contributed by atoms with Gasteiger partial charge in [0.25, 0.3) is 13.0 Å². The maximum Gasteiger partial charge on any atom is 0.269 e. The van der Waals surface area contributed by atoms with Gasteiger partial charge in [0.2, 0.25) is 0 Å². The molecular formula is C66H40BN5O3. The molecule has 3 aliphatic heterocycles. The van der Waals surface area contributed by atoms with E-state index in [0.29, 0.717) is 39.6 Å². The van der Waals surface area contributed by atoms with Crippen molar-refractivity contribution in [1.29, 1.82) is 0 Å². The van der Waals surface area contributed by atoms with E-state index in [2.05, 4.69) is 58.3 Å². The third-order valence-electron chi connectivity index (χ3n) is 14.4. The van der Waals surface area contributed by atoms with E-state index in [9.17, 15) is 0 Å². The quantitative estimate of drug-likeness (QED) is 0.0863. The highest BCUT2D eigenvalue weighted by Gasteiger charge is 2.48. The van der Waals surface area contributed by atoms with Crippen LogP contribution >= 0.6 is 0 Å². The number of para-hydroxylation sites is 4. The van der Waals surface area contributed by atoms with Crippen LogP contribution in [0.4, 0.5) is 17.1 Å². The van der Waals surface area contributed by atoms with Crippen LogP contribution in [-0.2, 0) is 0 Å². The van der Waals surface area contributed by atoms with E-state index in [0.717, 1.165) is 72.7 Å². The Morgan fingerprint density at radius 2 is 1.16 bits per heavy atom. The molecule has 8 nitrogen and oxygen atoms in total. The van der Waals surface area contributed by atoms with Crippen molar-refractivity contribution < 1.29 is 32.5 Å². The van der Waals surface area contributed by atoms with Gasteiger partial charge in [0.1, 0.15) is 40.1 Å². The molecule has 3 aromatic heterocycles. The summed E-state index contributed by atoms with van der Waals surface area (Å²) in [6.45, 7) is -0.161. The molecule has 0 aliphatic carbocycles. The molecule has 0 N–H and O–H groups in total. The minimum Gasteiger partial charge on any atom is -0.458 e. The summed E-state index contributed by atoms with van der Waals surface area (Å²) in [4.78, 5) is 7.29. The topological polar surface area (TPSA) is 57.6 Å². The predicted octanol–water partition coefficient (Wildman–Crippen LogP) is 13.8. The SMILES string of the molecule is [2H]c1c([2H])c([2H])c(-c2cccc(-c3c([2H])c([2H])c([2H])c([2H])c3[2H])c2-[n+]2[c-]n(-c3cccc(Oc4cccc(-n5c6cc7c8c(c6c6cccnc65)Oc5cccc6c5B8c5c(cccc5N6c5ccccc5)O7)c4)c3)c3ccccc32)c([2H])c1[2H]. The summed E-state index contributed by atoms with van der Waals surface area (Å²) in [6.07, 6.45) is 5.24. The summed E-state index contributed by atoms with van der Waals surface area (Å²) in [5.41, 5.74) is 10.5. The summed E-state index contributed by atoms with van der Waals surface area (Å²) >= 11 is 0. The Kier molecular flexibility index (Phi) is 7.08. The van der Waals surface area contributed by atoms with Gasteiger partial charge in [0.05, 0.1) is 52.7 Å². The molecule has 6 heterocycles. The van der Waals surface area contributed by atoms with Gasteiger partial charge >= 0.3 is 0 Å². The molecule has 350 valence electrons. The van der Waals surface area contributed by atoms with Gasteiger partial charge in [-0.15, -0.1) is 0 Å². The second-order valence-corrected chi connectivity index (χ2v) is 18.5. The van der Waals surface area contributed by atoms with E-state index in [1.165, 1.54) is 0 Å². The largest absolute Gasteiger partial charge is 0.458 e. The number of hydrogen-bond donors (Lipinski definition) is 0. The van der Waals surface area contributed by atoms with Crippen LogP contribution in [0.5, 0.6) is 34.5 Å². The molecule has 0 unspecified atom stereocenters. The van der Waals surface area contributed by atoms with Gasteiger partial charge in [-0.1, -0.05) is 145 Å². The fraction of sp³-hybridized carbons (Fsp3) is 0. The normalized spacial score (nSPS) is 14.6. The van der Waals surface area contributed by atoms with Crippen LogP contribution in [0.1, 0.15) is 13.7 Å². The lowest BCUT2D eigenvalue weighted by Gasteiger charge is -2.42. The van der Waals surface area contributed by atoms with Crippen molar-refractivity contribution in [2.75, 3.05) is 4.90 Å². The van der Waals surface area contributed by atoms with E-state index >= 15 is 0 Å². The summed E-state index contributed by atoms with van der Waals surface area (Å²) in [7, 11) is 0. The molecule has 0 fully saturated rings. The molecule has 75 heavy (non-hydrogen) atoms. The fourth-order valence-corrected chi connectivity index (χ4v) is 11.4. The lowest BCUT2D eigenvalue weighted by atomic mass is 9.33. The number of hydrogen-bond acceptors (Lipinski definition) is 5. The van der Waals surface area contributed by atoms with Crippen LogP contribution in [0, 0.1) is 6.33 Å². The summed E-state index contributed by atoms with van der Waals surface area (Å²) in [5.74, 6) is 3.96. The Morgan fingerprint density at radius 1 is 0.533 bits per heavy atom. The predicted molar refractivity (Wildman–Crippen MR) is 299 cm³/mol. The van der Waals surface area contributed by atoms with Crippen molar-refractivity contribution in [2.45, 2.75) is 0 Å². The molecule has 13 aromatic rings. The molecule has 3 aliphatic rings. The van der Waals surface area contributed by atoms with Crippen LogP contribution in [0.25, 0.3) is 72.3 Å². The monoisotopic (exact) mass is 971 g/mol. The number of rotatable bonds is 8. The Hall–Kier alpha value is -10.1. The first-order valence-electron chi connectivity index (χ1n) is 29.4. The molecule has 16 rings (SSSR count). The van der Waals surface area contributed by atoms with Gasteiger partial charge in [-0.3, -0.25) is 13.7 Å². The van der Waals surface area contributed by atoms with Gasteiger partial charge in [-0.25, -0.2) is 4.98 Å². The lowest BCUT2D eigenvalue weighted by Crippen LogP contribution is -2.61. The first kappa shape index (κ1) is 32.8. The maximum atomic E-state index is 9.08. The van der Waals surface area contributed by atoms with Crippen LogP contribution in [0.15, 0.2) is 243 Å².